The van der Waals surface area contributed by atoms with Gasteiger partial charge in [0.05, 0.1) is 6.04 Å². The molecule has 0 fully saturated rings. The first kappa shape index (κ1) is 21.2. The molecule has 0 aliphatic rings. The van der Waals surface area contributed by atoms with E-state index in [0.29, 0.717) is 6.54 Å². The first-order valence-electron chi connectivity index (χ1n) is 8.52. The number of nitrogens with two attached hydrogens (primary N) is 2. The maximum Gasteiger partial charge on any atom is 0.404 e. The SMILES string of the molecule is CC(N)C(=O)NCCCc1ccccc1.NC(=O)OCc1ccccc1. The Hall–Kier alpha value is -2.86. The lowest BCUT2D eigenvalue weighted by Gasteiger charge is -2.07. The van der Waals surface area contributed by atoms with Crippen LogP contribution in [0.3, 0.4) is 0 Å². The molecule has 6 heteroatoms. The van der Waals surface area contributed by atoms with Gasteiger partial charge in [0.25, 0.3) is 0 Å². The summed E-state index contributed by atoms with van der Waals surface area (Å²) < 4.78 is 4.57. The number of rotatable bonds is 7. The van der Waals surface area contributed by atoms with Gasteiger partial charge < -0.3 is 21.5 Å². The van der Waals surface area contributed by atoms with Crippen LogP contribution in [0.15, 0.2) is 60.7 Å². The molecule has 2 aromatic carbocycles. The molecule has 0 saturated heterocycles. The van der Waals surface area contributed by atoms with E-state index in [1.807, 2.05) is 48.5 Å². The molecular weight excluding hydrogens is 330 g/mol. The van der Waals surface area contributed by atoms with Gasteiger partial charge in [-0.15, -0.1) is 0 Å². The highest BCUT2D eigenvalue weighted by atomic mass is 16.5. The molecule has 1 atom stereocenters. The second-order valence-electron chi connectivity index (χ2n) is 5.76. The maximum absolute atomic E-state index is 11.1. The molecule has 2 rings (SSSR count). The topological polar surface area (TPSA) is 107 Å². The van der Waals surface area contributed by atoms with Gasteiger partial charge in [-0.05, 0) is 30.9 Å². The molecule has 0 radical (unpaired) electrons. The molecule has 0 bridgehead atoms. The van der Waals surface area contributed by atoms with E-state index in [2.05, 4.69) is 22.2 Å². The van der Waals surface area contributed by atoms with Crippen LogP contribution >= 0.6 is 0 Å². The molecule has 0 spiro atoms. The van der Waals surface area contributed by atoms with Crippen LogP contribution in [0, 0.1) is 0 Å². The first-order valence-corrected chi connectivity index (χ1v) is 8.52. The molecule has 0 aliphatic heterocycles. The molecule has 0 saturated carbocycles. The van der Waals surface area contributed by atoms with Crippen LogP contribution in [-0.2, 0) is 22.6 Å². The van der Waals surface area contributed by atoms with Crippen molar-refractivity contribution in [3.05, 3.63) is 71.8 Å². The summed E-state index contributed by atoms with van der Waals surface area (Å²) in [5, 5.41) is 2.79. The van der Waals surface area contributed by atoms with Gasteiger partial charge in [-0.1, -0.05) is 60.7 Å². The van der Waals surface area contributed by atoms with Crippen molar-refractivity contribution in [2.75, 3.05) is 6.54 Å². The molecule has 1 unspecified atom stereocenters. The van der Waals surface area contributed by atoms with Crippen LogP contribution in [-0.4, -0.2) is 24.6 Å². The largest absolute Gasteiger partial charge is 0.445 e. The zero-order valence-electron chi connectivity index (χ0n) is 15.1. The number of ether oxygens (including phenoxy) is 1. The minimum atomic E-state index is -0.742. The molecule has 6 nitrogen and oxygen atoms in total. The van der Waals surface area contributed by atoms with E-state index in [-0.39, 0.29) is 12.5 Å². The summed E-state index contributed by atoms with van der Waals surface area (Å²) in [7, 11) is 0. The van der Waals surface area contributed by atoms with Crippen molar-refractivity contribution in [3.8, 4) is 0 Å². The smallest absolute Gasteiger partial charge is 0.404 e. The third-order valence-electron chi connectivity index (χ3n) is 3.42. The summed E-state index contributed by atoms with van der Waals surface area (Å²) >= 11 is 0. The Morgan fingerprint density at radius 3 is 2.04 bits per heavy atom. The Morgan fingerprint density at radius 1 is 1.00 bits per heavy atom. The third-order valence-corrected chi connectivity index (χ3v) is 3.42. The van der Waals surface area contributed by atoms with Gasteiger partial charge in [0, 0.05) is 6.54 Å². The van der Waals surface area contributed by atoms with E-state index in [0.717, 1.165) is 18.4 Å². The Labute approximate surface area is 154 Å². The highest BCUT2D eigenvalue weighted by molar-refractivity contribution is 5.80. The number of amides is 2. The lowest BCUT2D eigenvalue weighted by molar-refractivity contribution is -0.121. The molecule has 2 amide bonds. The molecule has 140 valence electrons. The van der Waals surface area contributed by atoms with Crippen molar-refractivity contribution in [1.82, 2.24) is 5.32 Å². The zero-order valence-corrected chi connectivity index (χ0v) is 15.1. The number of carbonyl (C=O) groups excluding carboxylic acids is 2. The number of benzene rings is 2. The van der Waals surface area contributed by atoms with Crippen LogP contribution in [0.2, 0.25) is 0 Å². The van der Waals surface area contributed by atoms with E-state index < -0.39 is 12.1 Å². The van der Waals surface area contributed by atoms with Crippen molar-refractivity contribution in [1.29, 1.82) is 0 Å². The van der Waals surface area contributed by atoms with Crippen molar-refractivity contribution in [2.24, 2.45) is 11.5 Å². The highest BCUT2D eigenvalue weighted by Gasteiger charge is 2.04. The van der Waals surface area contributed by atoms with E-state index in [9.17, 15) is 9.59 Å². The Morgan fingerprint density at radius 2 is 1.54 bits per heavy atom. The van der Waals surface area contributed by atoms with E-state index in [4.69, 9.17) is 11.5 Å². The lowest BCUT2D eigenvalue weighted by atomic mass is 10.1. The van der Waals surface area contributed by atoms with Gasteiger partial charge in [-0.3, -0.25) is 4.79 Å². The second kappa shape index (κ2) is 12.5. The predicted octanol–water partition coefficient (Wildman–Crippen LogP) is 2.36. The maximum atomic E-state index is 11.1. The van der Waals surface area contributed by atoms with E-state index >= 15 is 0 Å². The van der Waals surface area contributed by atoms with Gasteiger partial charge >= 0.3 is 6.09 Å². The summed E-state index contributed by atoms with van der Waals surface area (Å²) in [5.41, 5.74) is 12.4. The Balaban J connectivity index is 0.000000273. The first-order chi connectivity index (χ1) is 12.5. The quantitative estimate of drug-likeness (QED) is 0.661. The highest BCUT2D eigenvalue weighted by Crippen LogP contribution is 2.01. The van der Waals surface area contributed by atoms with Crippen LogP contribution in [0.5, 0.6) is 0 Å². The summed E-state index contributed by atoms with van der Waals surface area (Å²) in [4.78, 5) is 21.3. The fourth-order valence-corrected chi connectivity index (χ4v) is 2.04. The fourth-order valence-electron chi connectivity index (χ4n) is 2.04. The van der Waals surface area contributed by atoms with Gasteiger partial charge in [0.15, 0.2) is 0 Å². The van der Waals surface area contributed by atoms with Crippen molar-refractivity contribution in [3.63, 3.8) is 0 Å². The average Bonchev–Trinajstić information content (AvgIpc) is 2.65. The minimum Gasteiger partial charge on any atom is -0.445 e. The number of carbonyl (C=O) groups is 2. The minimum absolute atomic E-state index is 0.0805. The molecule has 0 aromatic heterocycles. The molecule has 2 aromatic rings. The molecule has 0 aliphatic carbocycles. The number of hydrogen-bond donors (Lipinski definition) is 3. The number of hydrogen-bond acceptors (Lipinski definition) is 4. The molecular formula is C20H27N3O3. The normalized spacial score (nSPS) is 10.8. The number of aryl methyl sites for hydroxylation is 1. The van der Waals surface area contributed by atoms with Crippen molar-refractivity contribution >= 4 is 12.0 Å². The van der Waals surface area contributed by atoms with Crippen LogP contribution in [0.1, 0.15) is 24.5 Å². The van der Waals surface area contributed by atoms with Gasteiger partial charge in [0.1, 0.15) is 6.61 Å². The van der Waals surface area contributed by atoms with Crippen LogP contribution < -0.4 is 16.8 Å². The van der Waals surface area contributed by atoms with E-state index in [1.165, 1.54) is 5.56 Å². The molecule has 26 heavy (non-hydrogen) atoms. The van der Waals surface area contributed by atoms with Gasteiger partial charge in [0.2, 0.25) is 5.91 Å². The summed E-state index contributed by atoms with van der Waals surface area (Å²) in [5.74, 6) is -0.0805. The standard InChI is InChI=1S/C12H18N2O.C8H9NO2/c1-10(13)12(15)14-9-5-8-11-6-3-2-4-7-11;9-8(10)11-6-7-4-2-1-3-5-7/h2-4,6-7,10H,5,8-9,13H2,1H3,(H,14,15);1-5H,6H2,(H2,9,10). The van der Waals surface area contributed by atoms with Crippen LogP contribution in [0.25, 0.3) is 0 Å². The Kier molecular flexibility index (Phi) is 10.2. The lowest BCUT2D eigenvalue weighted by Crippen LogP contribution is -2.38. The van der Waals surface area contributed by atoms with Crippen molar-refractivity contribution in [2.45, 2.75) is 32.4 Å². The predicted molar refractivity (Wildman–Crippen MR) is 102 cm³/mol. The molecule has 0 heterocycles. The number of primary amides is 1. The third kappa shape index (κ3) is 10.1. The van der Waals surface area contributed by atoms with Gasteiger partial charge in [-0.2, -0.15) is 0 Å². The molecule has 5 N–H and O–H groups in total. The Bertz CT molecular complexity index is 646. The van der Waals surface area contributed by atoms with Crippen molar-refractivity contribution < 1.29 is 14.3 Å². The average molecular weight is 357 g/mol. The van der Waals surface area contributed by atoms with Crippen LogP contribution in [0.4, 0.5) is 4.79 Å². The monoisotopic (exact) mass is 357 g/mol. The second-order valence-corrected chi connectivity index (χ2v) is 5.76. The fraction of sp³-hybridized carbons (Fsp3) is 0.300. The summed E-state index contributed by atoms with van der Waals surface area (Å²) in [6, 6.07) is 19.2. The summed E-state index contributed by atoms with van der Waals surface area (Å²) in [6.07, 6.45) is 1.19. The zero-order chi connectivity index (χ0) is 19.2. The van der Waals surface area contributed by atoms with E-state index in [1.54, 1.807) is 6.92 Å². The number of nitrogens with one attached hydrogen (secondary N) is 1. The summed E-state index contributed by atoms with van der Waals surface area (Å²) in [6.45, 7) is 2.62. The van der Waals surface area contributed by atoms with Gasteiger partial charge in [-0.25, -0.2) is 4.79 Å².